The van der Waals surface area contributed by atoms with Gasteiger partial charge in [-0.25, -0.2) is 22.9 Å². The zero-order valence-electron chi connectivity index (χ0n) is 16.4. The fourth-order valence-electron chi connectivity index (χ4n) is 2.56. The Morgan fingerprint density at radius 1 is 1.07 bits per heavy atom. The largest absolute Gasteiger partial charge is 0.452 e. The lowest BCUT2D eigenvalue weighted by atomic mass is 10.1. The average molecular weight is 414 g/mol. The van der Waals surface area contributed by atoms with Crippen LogP contribution in [0.15, 0.2) is 70.1 Å². The summed E-state index contributed by atoms with van der Waals surface area (Å²) in [6, 6.07) is 15.0. The Morgan fingerprint density at radius 2 is 1.72 bits per heavy atom. The molecule has 0 bridgehead atoms. The van der Waals surface area contributed by atoms with E-state index in [9.17, 15) is 13.2 Å². The summed E-state index contributed by atoms with van der Waals surface area (Å²) >= 11 is 0. The lowest BCUT2D eigenvalue weighted by Gasteiger charge is -2.20. The van der Waals surface area contributed by atoms with E-state index in [1.165, 1.54) is 24.3 Å². The van der Waals surface area contributed by atoms with E-state index in [4.69, 9.17) is 9.15 Å². The van der Waals surface area contributed by atoms with Crippen molar-refractivity contribution in [3.63, 3.8) is 0 Å². The number of carbonyl (C=O) groups is 1. The Labute approximate surface area is 169 Å². The maximum Gasteiger partial charge on any atom is 0.338 e. The maximum atomic E-state index is 12.3. The number of oxazole rings is 1. The minimum absolute atomic E-state index is 0.0733. The van der Waals surface area contributed by atoms with Crippen molar-refractivity contribution < 1.29 is 22.4 Å². The van der Waals surface area contributed by atoms with Gasteiger partial charge in [0.05, 0.1) is 16.7 Å². The van der Waals surface area contributed by atoms with E-state index < -0.39 is 21.5 Å². The van der Waals surface area contributed by atoms with Crippen LogP contribution in [-0.2, 0) is 21.4 Å². The highest BCUT2D eigenvalue weighted by atomic mass is 32.2. The number of ether oxygens (including phenoxy) is 1. The van der Waals surface area contributed by atoms with Gasteiger partial charge in [0.1, 0.15) is 0 Å². The summed E-state index contributed by atoms with van der Waals surface area (Å²) in [7, 11) is -3.67. The predicted octanol–water partition coefficient (Wildman–Crippen LogP) is 3.78. The van der Waals surface area contributed by atoms with Gasteiger partial charge in [0, 0.05) is 11.1 Å². The fraction of sp³-hybridized carbons (Fsp3) is 0.238. The molecule has 0 saturated carbocycles. The van der Waals surface area contributed by atoms with E-state index in [-0.39, 0.29) is 23.0 Å². The summed E-state index contributed by atoms with van der Waals surface area (Å²) < 4.78 is 38.0. The summed E-state index contributed by atoms with van der Waals surface area (Å²) in [5.74, 6) is 0.250. The van der Waals surface area contributed by atoms with Crippen molar-refractivity contribution in [1.82, 2.24) is 9.71 Å². The predicted molar refractivity (Wildman–Crippen MR) is 108 cm³/mol. The summed E-state index contributed by atoms with van der Waals surface area (Å²) in [5.41, 5.74) is 0.498. The van der Waals surface area contributed by atoms with Crippen molar-refractivity contribution in [2.45, 2.75) is 37.8 Å². The van der Waals surface area contributed by atoms with Crippen molar-refractivity contribution in [2.24, 2.45) is 0 Å². The van der Waals surface area contributed by atoms with Crippen molar-refractivity contribution in [3.8, 4) is 11.3 Å². The van der Waals surface area contributed by atoms with Crippen molar-refractivity contribution in [1.29, 1.82) is 0 Å². The fourth-order valence-corrected chi connectivity index (χ4v) is 3.97. The number of nitrogens with one attached hydrogen (secondary N) is 1. The summed E-state index contributed by atoms with van der Waals surface area (Å²) in [4.78, 5) is 16.4. The molecule has 1 N–H and O–H groups in total. The SMILES string of the molecule is CC(C)(C)NS(=O)(=O)c1ccc(C(=O)OCc2ncc(-c3ccccc3)o2)cc1. The standard InChI is InChI=1S/C21H22N2O5S/c1-21(2,3)23-29(25,26)17-11-9-16(10-12-17)20(24)27-14-19-22-13-18(28-19)15-7-5-4-6-8-15/h4-13,23H,14H2,1-3H3. The molecule has 0 aliphatic carbocycles. The Balaban J connectivity index is 1.62. The molecule has 152 valence electrons. The first kappa shape index (κ1) is 20.8. The van der Waals surface area contributed by atoms with Gasteiger partial charge in [-0.05, 0) is 45.0 Å². The topological polar surface area (TPSA) is 98.5 Å². The zero-order valence-corrected chi connectivity index (χ0v) is 17.2. The van der Waals surface area contributed by atoms with Crippen molar-refractivity contribution in [2.75, 3.05) is 0 Å². The third-order valence-electron chi connectivity index (χ3n) is 3.78. The molecule has 0 unspecified atom stereocenters. The molecule has 0 radical (unpaired) electrons. The van der Waals surface area contributed by atoms with E-state index >= 15 is 0 Å². The molecule has 0 aliphatic heterocycles. The summed E-state index contributed by atoms with van der Waals surface area (Å²) in [6.07, 6.45) is 1.57. The molecule has 0 aliphatic rings. The zero-order chi connectivity index (χ0) is 21.1. The average Bonchev–Trinajstić information content (AvgIpc) is 3.14. The monoisotopic (exact) mass is 414 g/mol. The lowest BCUT2D eigenvalue weighted by molar-refractivity contribution is 0.0439. The molecule has 3 aromatic rings. The minimum atomic E-state index is -3.67. The molecule has 1 aromatic heterocycles. The van der Waals surface area contributed by atoms with Crippen LogP contribution in [-0.4, -0.2) is 24.9 Å². The first-order valence-electron chi connectivity index (χ1n) is 8.95. The van der Waals surface area contributed by atoms with Crippen molar-refractivity contribution in [3.05, 3.63) is 72.2 Å². The third-order valence-corrected chi connectivity index (χ3v) is 5.55. The second-order valence-corrected chi connectivity index (χ2v) is 9.12. The highest BCUT2D eigenvalue weighted by Gasteiger charge is 2.22. The van der Waals surface area contributed by atoms with Gasteiger partial charge in [0.15, 0.2) is 12.4 Å². The second kappa shape index (κ2) is 8.18. The van der Waals surface area contributed by atoms with Crippen LogP contribution >= 0.6 is 0 Å². The number of aromatic nitrogens is 1. The van der Waals surface area contributed by atoms with Crippen LogP contribution in [0.2, 0.25) is 0 Å². The number of esters is 1. The van der Waals surface area contributed by atoms with Gasteiger partial charge in [-0.1, -0.05) is 30.3 Å². The van der Waals surface area contributed by atoms with Gasteiger partial charge in [-0.3, -0.25) is 0 Å². The second-order valence-electron chi connectivity index (χ2n) is 7.44. The Kier molecular flexibility index (Phi) is 5.86. The molecule has 0 spiro atoms. The molecule has 8 heteroatoms. The van der Waals surface area contributed by atoms with Crippen LogP contribution in [0.4, 0.5) is 0 Å². The highest BCUT2D eigenvalue weighted by molar-refractivity contribution is 7.89. The Hall–Kier alpha value is -2.97. The molecule has 1 heterocycles. The number of carbonyl (C=O) groups excluding carboxylic acids is 1. The maximum absolute atomic E-state index is 12.3. The quantitative estimate of drug-likeness (QED) is 0.617. The van der Waals surface area contributed by atoms with Gasteiger partial charge < -0.3 is 9.15 Å². The smallest absolute Gasteiger partial charge is 0.338 e. The van der Waals surface area contributed by atoms with Crippen LogP contribution in [0.5, 0.6) is 0 Å². The number of hydrogen-bond acceptors (Lipinski definition) is 6. The molecular weight excluding hydrogens is 392 g/mol. The molecule has 29 heavy (non-hydrogen) atoms. The number of sulfonamides is 1. The van der Waals surface area contributed by atoms with E-state index in [2.05, 4.69) is 9.71 Å². The first-order valence-corrected chi connectivity index (χ1v) is 10.4. The van der Waals surface area contributed by atoms with E-state index in [0.717, 1.165) is 5.56 Å². The van der Waals surface area contributed by atoms with E-state index in [1.807, 2.05) is 30.3 Å². The van der Waals surface area contributed by atoms with Gasteiger partial charge in [0.25, 0.3) is 0 Å². The summed E-state index contributed by atoms with van der Waals surface area (Å²) in [6.45, 7) is 5.13. The Bertz CT molecular complexity index is 1080. The lowest BCUT2D eigenvalue weighted by Crippen LogP contribution is -2.40. The number of nitrogens with zero attached hydrogens (tertiary/aromatic N) is 1. The molecule has 2 aromatic carbocycles. The van der Waals surface area contributed by atoms with Crippen LogP contribution in [0.1, 0.15) is 37.0 Å². The van der Waals surface area contributed by atoms with E-state index in [0.29, 0.717) is 5.76 Å². The van der Waals surface area contributed by atoms with Gasteiger partial charge in [0.2, 0.25) is 15.9 Å². The van der Waals surface area contributed by atoms with Crippen LogP contribution < -0.4 is 4.72 Å². The van der Waals surface area contributed by atoms with Crippen LogP contribution in [0, 0.1) is 0 Å². The molecule has 0 fully saturated rings. The van der Waals surface area contributed by atoms with Crippen molar-refractivity contribution >= 4 is 16.0 Å². The van der Waals surface area contributed by atoms with Gasteiger partial charge in [-0.2, -0.15) is 0 Å². The summed E-state index contributed by atoms with van der Waals surface area (Å²) in [5, 5.41) is 0. The molecule has 0 amide bonds. The van der Waals surface area contributed by atoms with Gasteiger partial charge >= 0.3 is 5.97 Å². The normalized spacial score (nSPS) is 12.0. The first-order chi connectivity index (χ1) is 13.6. The number of hydrogen-bond donors (Lipinski definition) is 1. The molecule has 7 nitrogen and oxygen atoms in total. The van der Waals surface area contributed by atoms with Crippen LogP contribution in [0.3, 0.4) is 0 Å². The highest BCUT2D eigenvalue weighted by Crippen LogP contribution is 2.20. The van der Waals surface area contributed by atoms with Gasteiger partial charge in [-0.15, -0.1) is 0 Å². The Morgan fingerprint density at radius 3 is 2.34 bits per heavy atom. The van der Waals surface area contributed by atoms with E-state index in [1.54, 1.807) is 27.0 Å². The molecule has 3 rings (SSSR count). The molecular formula is C21H22N2O5S. The number of benzene rings is 2. The molecule has 0 atom stereocenters. The minimum Gasteiger partial charge on any atom is -0.452 e. The third kappa shape index (κ3) is 5.52. The van der Waals surface area contributed by atoms with Crippen LogP contribution in [0.25, 0.3) is 11.3 Å². The molecule has 0 saturated heterocycles. The number of rotatable bonds is 6.